The fourth-order valence-corrected chi connectivity index (χ4v) is 4.06. The zero-order valence-corrected chi connectivity index (χ0v) is 16.0. The number of fused-ring (bicyclic) bond motifs is 3. The fraction of sp³-hybridized carbons (Fsp3) is 0.136. The minimum absolute atomic E-state index is 0.0266. The van der Waals surface area contributed by atoms with Gasteiger partial charge in [0.15, 0.2) is 0 Å². The highest BCUT2D eigenvalue weighted by molar-refractivity contribution is 9.10. The maximum absolute atomic E-state index is 12.6. The Morgan fingerprint density at radius 2 is 1.46 bits per heavy atom. The van der Waals surface area contributed by atoms with Crippen LogP contribution < -0.4 is 5.32 Å². The van der Waals surface area contributed by atoms with Crippen LogP contribution in [0.5, 0.6) is 0 Å². The monoisotopic (exact) mass is 406 g/mol. The van der Waals surface area contributed by atoms with Crippen LogP contribution in [0.1, 0.15) is 17.2 Å². The molecule has 0 unspecified atom stereocenters. The molecule has 0 atom stereocenters. The molecule has 1 aliphatic rings. The van der Waals surface area contributed by atoms with Crippen LogP contribution in [0.4, 0.5) is 5.69 Å². The molecule has 3 nitrogen and oxygen atoms in total. The third-order valence-corrected chi connectivity index (χ3v) is 5.47. The summed E-state index contributed by atoms with van der Waals surface area (Å²) in [5, 5.41) is 2.99. The molecule has 0 aromatic heterocycles. The first kappa shape index (κ1) is 17.0. The lowest BCUT2D eigenvalue weighted by Gasteiger charge is -2.26. The molecule has 0 saturated heterocycles. The second-order valence-corrected chi connectivity index (χ2v) is 7.37. The number of nitrogens with zero attached hydrogens (tertiary/aromatic N) is 1. The van der Waals surface area contributed by atoms with Gasteiger partial charge in [0.2, 0.25) is 5.91 Å². The van der Waals surface area contributed by atoms with Crippen molar-refractivity contribution in [2.45, 2.75) is 6.04 Å². The van der Waals surface area contributed by atoms with E-state index in [2.05, 4.69) is 74.7 Å². The van der Waals surface area contributed by atoms with E-state index in [0.717, 1.165) is 10.2 Å². The van der Waals surface area contributed by atoms with Crippen LogP contribution in [0, 0.1) is 0 Å². The van der Waals surface area contributed by atoms with Gasteiger partial charge in [-0.25, -0.2) is 0 Å². The van der Waals surface area contributed by atoms with Gasteiger partial charge in [-0.15, -0.1) is 0 Å². The Hall–Kier alpha value is -2.43. The number of anilines is 1. The molecular weight excluding hydrogens is 388 g/mol. The topological polar surface area (TPSA) is 32.3 Å². The molecule has 0 aliphatic heterocycles. The van der Waals surface area contributed by atoms with Gasteiger partial charge in [0, 0.05) is 4.47 Å². The van der Waals surface area contributed by atoms with Crippen molar-refractivity contribution >= 4 is 27.5 Å². The lowest BCUT2D eigenvalue weighted by Crippen LogP contribution is -2.33. The number of benzene rings is 3. The zero-order chi connectivity index (χ0) is 18.1. The SMILES string of the molecule is CN(CC(=O)Nc1ccccc1Br)C1c2ccccc2-c2ccccc21. The van der Waals surface area contributed by atoms with Gasteiger partial charge < -0.3 is 5.32 Å². The van der Waals surface area contributed by atoms with E-state index in [1.165, 1.54) is 22.3 Å². The predicted molar refractivity (Wildman–Crippen MR) is 109 cm³/mol. The minimum atomic E-state index is -0.0266. The fourth-order valence-electron chi connectivity index (χ4n) is 3.67. The number of halogens is 1. The average Bonchev–Trinajstić information content (AvgIpc) is 2.98. The lowest BCUT2D eigenvalue weighted by molar-refractivity contribution is -0.117. The van der Waals surface area contributed by atoms with Crippen LogP contribution in [0.25, 0.3) is 11.1 Å². The maximum Gasteiger partial charge on any atom is 0.238 e. The summed E-state index contributed by atoms with van der Waals surface area (Å²) in [6.07, 6.45) is 0. The standard InChI is InChI=1S/C22H19BrN2O/c1-25(14-21(26)24-20-13-7-6-12-19(20)23)22-17-10-4-2-8-15(17)16-9-3-5-11-18(16)22/h2-13,22H,14H2,1H3,(H,24,26). The normalized spacial score (nSPS) is 12.7. The van der Waals surface area contributed by atoms with Gasteiger partial charge in [-0.1, -0.05) is 60.7 Å². The summed E-state index contributed by atoms with van der Waals surface area (Å²) in [6.45, 7) is 0.314. The number of carbonyl (C=O) groups is 1. The van der Waals surface area contributed by atoms with E-state index in [9.17, 15) is 4.79 Å². The first-order valence-electron chi connectivity index (χ1n) is 8.58. The number of para-hydroxylation sites is 1. The number of amides is 1. The first-order chi connectivity index (χ1) is 12.6. The average molecular weight is 407 g/mol. The quantitative estimate of drug-likeness (QED) is 0.654. The summed E-state index contributed by atoms with van der Waals surface area (Å²) < 4.78 is 0.882. The highest BCUT2D eigenvalue weighted by Gasteiger charge is 2.31. The summed E-state index contributed by atoms with van der Waals surface area (Å²) in [4.78, 5) is 14.7. The molecule has 130 valence electrons. The Balaban J connectivity index is 1.58. The molecule has 0 bridgehead atoms. The van der Waals surface area contributed by atoms with Gasteiger partial charge in [-0.3, -0.25) is 9.69 Å². The number of carbonyl (C=O) groups excluding carboxylic acids is 1. The van der Waals surface area contributed by atoms with Crippen molar-refractivity contribution in [3.05, 3.63) is 88.4 Å². The summed E-state index contributed by atoms with van der Waals surface area (Å²) in [6, 6.07) is 24.6. The molecule has 0 fully saturated rings. The molecule has 3 aromatic rings. The second kappa shape index (κ2) is 7.06. The van der Waals surface area contributed by atoms with Gasteiger partial charge in [0.05, 0.1) is 18.3 Å². The van der Waals surface area contributed by atoms with E-state index >= 15 is 0 Å². The van der Waals surface area contributed by atoms with E-state index in [1.54, 1.807) is 0 Å². The second-order valence-electron chi connectivity index (χ2n) is 6.52. The number of hydrogen-bond acceptors (Lipinski definition) is 2. The van der Waals surface area contributed by atoms with E-state index < -0.39 is 0 Å². The maximum atomic E-state index is 12.6. The lowest BCUT2D eigenvalue weighted by atomic mass is 10.0. The largest absolute Gasteiger partial charge is 0.324 e. The Bertz CT molecular complexity index is 924. The van der Waals surface area contributed by atoms with E-state index in [-0.39, 0.29) is 11.9 Å². The highest BCUT2D eigenvalue weighted by Crippen LogP contribution is 2.45. The van der Waals surface area contributed by atoms with Crippen molar-refractivity contribution in [1.82, 2.24) is 4.90 Å². The van der Waals surface area contributed by atoms with Crippen LogP contribution >= 0.6 is 15.9 Å². The Morgan fingerprint density at radius 3 is 2.08 bits per heavy atom. The third-order valence-electron chi connectivity index (χ3n) is 4.78. The van der Waals surface area contributed by atoms with Crippen molar-refractivity contribution in [2.75, 3.05) is 18.9 Å². The van der Waals surface area contributed by atoms with Crippen molar-refractivity contribution < 1.29 is 4.79 Å². The zero-order valence-electron chi connectivity index (χ0n) is 14.4. The molecule has 3 aromatic carbocycles. The Morgan fingerprint density at radius 1 is 0.923 bits per heavy atom. The van der Waals surface area contributed by atoms with Crippen molar-refractivity contribution in [3.63, 3.8) is 0 Å². The van der Waals surface area contributed by atoms with E-state index in [1.807, 2.05) is 31.3 Å². The Labute approximate surface area is 161 Å². The molecule has 4 heteroatoms. The number of rotatable bonds is 4. The molecule has 1 aliphatic carbocycles. The van der Waals surface area contributed by atoms with Gasteiger partial charge in [0.25, 0.3) is 0 Å². The van der Waals surface area contributed by atoms with E-state index in [0.29, 0.717) is 6.54 Å². The minimum Gasteiger partial charge on any atom is -0.324 e. The highest BCUT2D eigenvalue weighted by atomic mass is 79.9. The van der Waals surface area contributed by atoms with Gasteiger partial charge >= 0.3 is 0 Å². The molecule has 1 N–H and O–H groups in total. The van der Waals surface area contributed by atoms with Gasteiger partial charge in [0.1, 0.15) is 0 Å². The van der Waals surface area contributed by atoms with Gasteiger partial charge in [-0.05, 0) is 57.4 Å². The smallest absolute Gasteiger partial charge is 0.238 e. The number of hydrogen-bond donors (Lipinski definition) is 1. The molecule has 0 spiro atoms. The number of likely N-dealkylation sites (N-methyl/N-ethyl adjacent to an activating group) is 1. The van der Waals surface area contributed by atoms with Gasteiger partial charge in [-0.2, -0.15) is 0 Å². The molecule has 26 heavy (non-hydrogen) atoms. The van der Waals surface area contributed by atoms with Crippen molar-refractivity contribution in [1.29, 1.82) is 0 Å². The van der Waals surface area contributed by atoms with Crippen LogP contribution in [-0.2, 0) is 4.79 Å². The van der Waals surface area contributed by atoms with Crippen molar-refractivity contribution in [3.8, 4) is 11.1 Å². The molecule has 1 amide bonds. The predicted octanol–water partition coefficient (Wildman–Crippen LogP) is 5.09. The summed E-state index contributed by atoms with van der Waals surface area (Å²) in [5.74, 6) is -0.0266. The van der Waals surface area contributed by atoms with E-state index in [4.69, 9.17) is 0 Å². The molecule has 4 rings (SSSR count). The summed E-state index contributed by atoms with van der Waals surface area (Å²) in [5.41, 5.74) is 5.81. The molecule has 0 heterocycles. The van der Waals surface area contributed by atoms with Crippen LogP contribution in [0.15, 0.2) is 77.3 Å². The summed E-state index contributed by atoms with van der Waals surface area (Å²) >= 11 is 3.47. The van der Waals surface area contributed by atoms with Crippen molar-refractivity contribution in [2.24, 2.45) is 0 Å². The first-order valence-corrected chi connectivity index (χ1v) is 9.37. The molecule has 0 saturated carbocycles. The third kappa shape index (κ3) is 3.06. The number of nitrogens with one attached hydrogen (secondary N) is 1. The molecular formula is C22H19BrN2O. The molecule has 0 radical (unpaired) electrons. The van der Waals surface area contributed by atoms with Crippen LogP contribution in [-0.4, -0.2) is 24.4 Å². The summed E-state index contributed by atoms with van der Waals surface area (Å²) in [7, 11) is 2.00. The Kier molecular flexibility index (Phi) is 4.62. The van der Waals surface area contributed by atoms with Crippen LogP contribution in [0.3, 0.4) is 0 Å². The van der Waals surface area contributed by atoms with Crippen LogP contribution in [0.2, 0.25) is 0 Å².